The highest BCUT2D eigenvalue weighted by atomic mass is 32.2. The zero-order valence-corrected chi connectivity index (χ0v) is 13.9. The zero-order valence-electron chi connectivity index (χ0n) is 13.1. The van der Waals surface area contributed by atoms with E-state index >= 15 is 0 Å². The van der Waals surface area contributed by atoms with E-state index in [2.05, 4.69) is 36.3 Å². The minimum absolute atomic E-state index is 0.0967. The molecule has 0 bridgehead atoms. The lowest BCUT2D eigenvalue weighted by atomic mass is 10.1. The summed E-state index contributed by atoms with van der Waals surface area (Å²) in [6.45, 7) is 5.65. The van der Waals surface area contributed by atoms with Gasteiger partial charge in [0.25, 0.3) is 5.91 Å². The summed E-state index contributed by atoms with van der Waals surface area (Å²) in [7, 11) is 0. The molecule has 1 fully saturated rings. The van der Waals surface area contributed by atoms with Gasteiger partial charge < -0.3 is 9.74 Å². The first kappa shape index (κ1) is 15.4. The van der Waals surface area contributed by atoms with Crippen LogP contribution in [0.3, 0.4) is 0 Å². The van der Waals surface area contributed by atoms with Gasteiger partial charge in [-0.1, -0.05) is 22.9 Å². The first-order valence-electron chi connectivity index (χ1n) is 7.83. The number of aryl methyl sites for hydroxylation is 1. The molecule has 0 radical (unpaired) electrons. The van der Waals surface area contributed by atoms with Gasteiger partial charge in [0.15, 0.2) is 0 Å². The number of hydrogen-bond donors (Lipinski definition) is 0. The van der Waals surface area contributed by atoms with Crippen molar-refractivity contribution in [2.75, 3.05) is 13.1 Å². The number of amides is 1. The van der Waals surface area contributed by atoms with Crippen molar-refractivity contribution >= 4 is 23.4 Å². The lowest BCUT2D eigenvalue weighted by molar-refractivity contribution is -0.142. The topological polar surface area (TPSA) is 41.9 Å². The minimum Gasteiger partial charge on any atom is -0.382 e. The van der Waals surface area contributed by atoms with Crippen molar-refractivity contribution in [3.05, 3.63) is 29.8 Å². The van der Waals surface area contributed by atoms with Gasteiger partial charge in [0.1, 0.15) is 0 Å². The molecular formula is C17H22N2O2S. The van der Waals surface area contributed by atoms with Crippen molar-refractivity contribution in [1.29, 1.82) is 0 Å². The van der Waals surface area contributed by atoms with Crippen LogP contribution >= 0.6 is 11.8 Å². The molecule has 2 aliphatic heterocycles. The fourth-order valence-electron chi connectivity index (χ4n) is 2.84. The van der Waals surface area contributed by atoms with E-state index in [0.717, 1.165) is 31.6 Å². The maximum Gasteiger partial charge on any atom is 0.266 e. The molecule has 1 atom stereocenters. The number of carbonyl (C=O) groups is 1. The number of piperidine rings is 1. The van der Waals surface area contributed by atoms with Crippen LogP contribution in [0.1, 0.15) is 31.7 Å². The Morgan fingerprint density at radius 1 is 1.23 bits per heavy atom. The molecule has 0 spiro atoms. The zero-order chi connectivity index (χ0) is 15.5. The van der Waals surface area contributed by atoms with E-state index in [1.165, 1.54) is 10.5 Å². The number of oxime groups is 1. The van der Waals surface area contributed by atoms with Crippen LogP contribution in [0.5, 0.6) is 0 Å². The average molecular weight is 318 g/mol. The third-order valence-corrected chi connectivity index (χ3v) is 5.52. The molecule has 0 aromatic heterocycles. The number of nitrogens with zero attached hydrogens (tertiary/aromatic N) is 2. The number of benzene rings is 1. The SMILES string of the molecule is CC1=NO[C@@H](C(=O)N2CCC(Sc3ccc(C)cc3)CC2)C1. The van der Waals surface area contributed by atoms with Crippen LogP contribution in [-0.4, -0.2) is 41.0 Å². The number of likely N-dealkylation sites (tertiary alicyclic amines) is 1. The molecule has 1 aromatic rings. The van der Waals surface area contributed by atoms with E-state index in [1.807, 2.05) is 23.6 Å². The lowest BCUT2D eigenvalue weighted by Crippen LogP contribution is -2.44. The molecule has 0 saturated carbocycles. The Morgan fingerprint density at radius 3 is 2.50 bits per heavy atom. The Balaban J connectivity index is 1.48. The van der Waals surface area contributed by atoms with Crippen molar-refractivity contribution < 1.29 is 9.63 Å². The largest absolute Gasteiger partial charge is 0.382 e. The summed E-state index contributed by atoms with van der Waals surface area (Å²) in [4.78, 5) is 20.8. The Labute approximate surface area is 135 Å². The molecular weight excluding hydrogens is 296 g/mol. The van der Waals surface area contributed by atoms with Crippen LogP contribution in [0, 0.1) is 6.92 Å². The van der Waals surface area contributed by atoms with Gasteiger partial charge in [0.05, 0.1) is 5.71 Å². The second-order valence-electron chi connectivity index (χ2n) is 6.08. The van der Waals surface area contributed by atoms with E-state index in [0.29, 0.717) is 11.7 Å². The van der Waals surface area contributed by atoms with Gasteiger partial charge >= 0.3 is 0 Å². The summed E-state index contributed by atoms with van der Waals surface area (Å²) in [5.74, 6) is 0.0967. The summed E-state index contributed by atoms with van der Waals surface area (Å²) in [5.41, 5.74) is 2.20. The number of thioether (sulfide) groups is 1. The van der Waals surface area contributed by atoms with Crippen molar-refractivity contribution in [2.45, 2.75) is 49.4 Å². The number of hydrogen-bond acceptors (Lipinski definition) is 4. The Morgan fingerprint density at radius 2 is 1.91 bits per heavy atom. The predicted molar refractivity (Wildman–Crippen MR) is 89.2 cm³/mol. The standard InChI is InChI=1S/C17H22N2O2S/c1-12-3-5-14(6-4-12)22-15-7-9-19(10-8-15)17(20)16-11-13(2)18-21-16/h3-6,15-16H,7-11H2,1-2H3/t16-/m1/s1. The molecule has 2 heterocycles. The van der Waals surface area contributed by atoms with Crippen molar-refractivity contribution in [3.63, 3.8) is 0 Å². The predicted octanol–water partition coefficient (Wildman–Crippen LogP) is 3.24. The van der Waals surface area contributed by atoms with Gasteiger partial charge in [-0.3, -0.25) is 4.79 Å². The molecule has 118 valence electrons. The van der Waals surface area contributed by atoms with Gasteiger partial charge in [0, 0.05) is 29.7 Å². The Hall–Kier alpha value is -1.49. The highest BCUT2D eigenvalue weighted by Crippen LogP contribution is 2.31. The second kappa shape index (κ2) is 6.73. The van der Waals surface area contributed by atoms with Gasteiger partial charge in [0.2, 0.25) is 6.10 Å². The molecule has 2 aliphatic rings. The molecule has 5 heteroatoms. The van der Waals surface area contributed by atoms with Crippen LogP contribution in [-0.2, 0) is 9.63 Å². The van der Waals surface area contributed by atoms with Crippen LogP contribution in [0.2, 0.25) is 0 Å². The average Bonchev–Trinajstić information content (AvgIpc) is 2.96. The van der Waals surface area contributed by atoms with Crippen LogP contribution in [0.25, 0.3) is 0 Å². The highest BCUT2D eigenvalue weighted by Gasteiger charge is 2.32. The van der Waals surface area contributed by atoms with Crippen molar-refractivity contribution in [2.24, 2.45) is 5.16 Å². The van der Waals surface area contributed by atoms with E-state index in [1.54, 1.807) is 0 Å². The maximum absolute atomic E-state index is 12.4. The van der Waals surface area contributed by atoms with Crippen molar-refractivity contribution in [1.82, 2.24) is 4.90 Å². The first-order valence-corrected chi connectivity index (χ1v) is 8.71. The minimum atomic E-state index is -0.388. The molecule has 1 amide bonds. The third kappa shape index (κ3) is 3.64. The first-order chi connectivity index (χ1) is 10.6. The van der Waals surface area contributed by atoms with Gasteiger partial charge in [-0.2, -0.15) is 0 Å². The smallest absolute Gasteiger partial charge is 0.266 e. The summed E-state index contributed by atoms with van der Waals surface area (Å²) < 4.78 is 0. The Bertz CT molecular complexity index is 563. The monoisotopic (exact) mass is 318 g/mol. The fourth-order valence-corrected chi connectivity index (χ4v) is 3.96. The van der Waals surface area contributed by atoms with Gasteiger partial charge in [-0.15, -0.1) is 11.8 Å². The van der Waals surface area contributed by atoms with Crippen LogP contribution in [0.15, 0.2) is 34.3 Å². The Kier molecular flexibility index (Phi) is 4.71. The molecule has 1 aromatic carbocycles. The van der Waals surface area contributed by atoms with Gasteiger partial charge in [-0.05, 0) is 38.8 Å². The van der Waals surface area contributed by atoms with E-state index in [9.17, 15) is 4.79 Å². The molecule has 1 saturated heterocycles. The third-order valence-electron chi connectivity index (χ3n) is 4.17. The molecule has 4 nitrogen and oxygen atoms in total. The summed E-state index contributed by atoms with van der Waals surface area (Å²) in [6, 6.07) is 8.68. The van der Waals surface area contributed by atoms with Crippen LogP contribution < -0.4 is 0 Å². The van der Waals surface area contributed by atoms with Crippen molar-refractivity contribution in [3.8, 4) is 0 Å². The number of rotatable bonds is 3. The highest BCUT2D eigenvalue weighted by molar-refractivity contribution is 8.00. The molecule has 3 rings (SSSR count). The lowest BCUT2D eigenvalue weighted by Gasteiger charge is -2.32. The normalized spacial score (nSPS) is 22.4. The van der Waals surface area contributed by atoms with E-state index < -0.39 is 0 Å². The quantitative estimate of drug-likeness (QED) is 0.859. The number of carbonyl (C=O) groups excluding carboxylic acids is 1. The molecule has 0 aliphatic carbocycles. The van der Waals surface area contributed by atoms with Gasteiger partial charge in [-0.25, -0.2) is 0 Å². The summed E-state index contributed by atoms with van der Waals surface area (Å²) in [6.07, 6.45) is 2.33. The molecule has 22 heavy (non-hydrogen) atoms. The fraction of sp³-hybridized carbons (Fsp3) is 0.529. The molecule has 0 unspecified atom stereocenters. The molecule has 0 N–H and O–H groups in total. The van der Waals surface area contributed by atoms with Crippen LogP contribution in [0.4, 0.5) is 0 Å². The maximum atomic E-state index is 12.4. The second-order valence-corrected chi connectivity index (χ2v) is 7.45. The van der Waals surface area contributed by atoms with E-state index in [4.69, 9.17) is 4.84 Å². The summed E-state index contributed by atoms with van der Waals surface area (Å²) >= 11 is 1.93. The summed E-state index contributed by atoms with van der Waals surface area (Å²) in [5, 5.41) is 4.47. The van der Waals surface area contributed by atoms with E-state index in [-0.39, 0.29) is 12.0 Å².